The van der Waals surface area contributed by atoms with Crippen LogP contribution >= 0.6 is 11.3 Å². The third kappa shape index (κ3) is 3.77. The molecular weight excluding hydrogens is 382 g/mol. The maximum atomic E-state index is 12.9. The highest BCUT2D eigenvalue weighted by Gasteiger charge is 2.36. The van der Waals surface area contributed by atoms with Crippen LogP contribution in [0.4, 0.5) is 10.8 Å². The van der Waals surface area contributed by atoms with Crippen molar-refractivity contribution in [3.05, 3.63) is 53.1 Å². The molecule has 1 aliphatic heterocycles. The second-order valence-corrected chi connectivity index (χ2v) is 8.54. The Hall–Kier alpha value is -2.73. The lowest BCUT2D eigenvalue weighted by molar-refractivity contribution is -0.122. The second-order valence-electron chi connectivity index (χ2n) is 7.51. The molecule has 4 rings (SSSR count). The molecule has 0 aliphatic carbocycles. The van der Waals surface area contributed by atoms with Crippen molar-refractivity contribution in [3.8, 4) is 0 Å². The van der Waals surface area contributed by atoms with Crippen molar-refractivity contribution >= 4 is 44.2 Å². The van der Waals surface area contributed by atoms with Gasteiger partial charge < -0.3 is 10.2 Å². The third-order valence-corrected chi connectivity index (χ3v) is 6.49. The van der Waals surface area contributed by atoms with Gasteiger partial charge in [-0.25, -0.2) is 4.98 Å². The Kier molecular flexibility index (Phi) is 5.37. The van der Waals surface area contributed by atoms with Crippen LogP contribution in [-0.2, 0) is 22.4 Å². The second kappa shape index (κ2) is 7.95. The highest BCUT2D eigenvalue weighted by atomic mass is 32.1. The molecule has 0 saturated carbocycles. The van der Waals surface area contributed by atoms with Crippen LogP contribution in [0.2, 0.25) is 0 Å². The minimum Gasteiger partial charge on any atom is -0.311 e. The van der Waals surface area contributed by atoms with Crippen molar-refractivity contribution in [2.45, 2.75) is 40.0 Å². The first-order valence-electron chi connectivity index (χ1n) is 10.1. The number of fused-ring (bicyclic) bond motifs is 1. The largest absolute Gasteiger partial charge is 0.311 e. The summed E-state index contributed by atoms with van der Waals surface area (Å²) >= 11 is 1.48. The van der Waals surface area contributed by atoms with E-state index in [-0.39, 0.29) is 24.2 Å². The van der Waals surface area contributed by atoms with E-state index in [1.165, 1.54) is 16.9 Å². The van der Waals surface area contributed by atoms with Gasteiger partial charge in [0, 0.05) is 18.7 Å². The summed E-state index contributed by atoms with van der Waals surface area (Å²) in [7, 11) is 0. The van der Waals surface area contributed by atoms with E-state index in [0.717, 1.165) is 39.9 Å². The molecule has 150 valence electrons. The Balaban J connectivity index is 1.51. The van der Waals surface area contributed by atoms with Crippen LogP contribution in [0.1, 0.15) is 37.0 Å². The van der Waals surface area contributed by atoms with E-state index in [1.807, 2.05) is 25.1 Å². The lowest BCUT2D eigenvalue weighted by Crippen LogP contribution is -2.29. The molecule has 3 aromatic rings. The fourth-order valence-corrected chi connectivity index (χ4v) is 4.87. The number of carbonyl (C=O) groups is 2. The van der Waals surface area contributed by atoms with E-state index in [2.05, 4.69) is 42.3 Å². The summed E-state index contributed by atoms with van der Waals surface area (Å²) in [5.41, 5.74) is 5.30. The zero-order valence-electron chi connectivity index (χ0n) is 17.0. The van der Waals surface area contributed by atoms with Crippen molar-refractivity contribution < 1.29 is 9.59 Å². The quantitative estimate of drug-likeness (QED) is 0.666. The van der Waals surface area contributed by atoms with E-state index < -0.39 is 0 Å². The Bertz CT molecular complexity index is 1090. The van der Waals surface area contributed by atoms with Gasteiger partial charge in [-0.3, -0.25) is 9.59 Å². The molecule has 1 aromatic heterocycles. The summed E-state index contributed by atoms with van der Waals surface area (Å²) < 4.78 is 1.07. The van der Waals surface area contributed by atoms with Crippen LogP contribution < -0.4 is 10.2 Å². The molecule has 1 unspecified atom stereocenters. The molecule has 0 bridgehead atoms. The molecule has 1 fully saturated rings. The van der Waals surface area contributed by atoms with E-state index in [0.29, 0.717) is 11.7 Å². The lowest BCUT2D eigenvalue weighted by Gasteiger charge is -2.22. The van der Waals surface area contributed by atoms with Gasteiger partial charge in [-0.15, -0.1) is 0 Å². The molecule has 2 heterocycles. The van der Waals surface area contributed by atoms with E-state index in [4.69, 9.17) is 0 Å². The Morgan fingerprint density at radius 3 is 2.83 bits per heavy atom. The first-order chi connectivity index (χ1) is 14.0. The van der Waals surface area contributed by atoms with Gasteiger partial charge in [-0.05, 0) is 48.6 Å². The Labute approximate surface area is 174 Å². The number of hydrogen-bond donors (Lipinski definition) is 1. The number of hydrogen-bond acceptors (Lipinski definition) is 4. The standard InChI is InChI=1S/C23H25N3O2S/c1-4-15-9-10-18-19(11-15)29-23(24-18)25-22(28)17-12-20(27)26(13-17)21-14(3)7-6-8-16(21)5-2/h6-11,17H,4-5,12-13H2,1-3H3,(H,24,25,28). The summed E-state index contributed by atoms with van der Waals surface area (Å²) in [6.07, 6.45) is 2.05. The fraction of sp³-hybridized carbons (Fsp3) is 0.348. The molecule has 2 aromatic carbocycles. The number of aromatic nitrogens is 1. The van der Waals surface area contributed by atoms with Crippen molar-refractivity contribution in [2.24, 2.45) is 5.92 Å². The average molecular weight is 408 g/mol. The number of nitrogens with one attached hydrogen (secondary N) is 1. The average Bonchev–Trinajstić information content (AvgIpc) is 3.29. The minimum absolute atomic E-state index is 0.00559. The zero-order chi connectivity index (χ0) is 20.5. The van der Waals surface area contributed by atoms with Gasteiger partial charge in [0.25, 0.3) is 0 Å². The number of thiazole rings is 1. The monoisotopic (exact) mass is 407 g/mol. The molecular formula is C23H25N3O2S. The number of nitrogens with zero attached hydrogens (tertiary/aromatic N) is 2. The molecule has 1 atom stereocenters. The number of benzene rings is 2. The maximum Gasteiger partial charge on any atom is 0.231 e. The highest BCUT2D eigenvalue weighted by Crippen LogP contribution is 2.33. The number of rotatable bonds is 5. The van der Waals surface area contributed by atoms with Gasteiger partial charge in [0.15, 0.2) is 5.13 Å². The molecule has 29 heavy (non-hydrogen) atoms. The number of amides is 2. The smallest absolute Gasteiger partial charge is 0.231 e. The molecule has 5 nitrogen and oxygen atoms in total. The summed E-state index contributed by atoms with van der Waals surface area (Å²) in [6, 6.07) is 12.3. The van der Waals surface area contributed by atoms with Gasteiger partial charge >= 0.3 is 0 Å². The molecule has 1 N–H and O–H groups in total. The molecule has 0 spiro atoms. The predicted octanol–water partition coefficient (Wildman–Crippen LogP) is 4.72. The summed E-state index contributed by atoms with van der Waals surface area (Å²) in [6.45, 7) is 6.63. The Morgan fingerprint density at radius 1 is 1.24 bits per heavy atom. The predicted molar refractivity (Wildman–Crippen MR) is 119 cm³/mol. The molecule has 6 heteroatoms. The summed E-state index contributed by atoms with van der Waals surface area (Å²) in [5, 5.41) is 3.53. The molecule has 2 amide bonds. The van der Waals surface area contributed by atoms with Crippen LogP contribution in [-0.4, -0.2) is 23.3 Å². The van der Waals surface area contributed by atoms with Gasteiger partial charge in [0.1, 0.15) is 0 Å². The van der Waals surface area contributed by atoms with Crippen molar-refractivity contribution in [1.82, 2.24) is 4.98 Å². The molecule has 0 radical (unpaired) electrons. The van der Waals surface area contributed by atoms with Crippen molar-refractivity contribution in [3.63, 3.8) is 0 Å². The number of anilines is 2. The van der Waals surface area contributed by atoms with E-state index in [9.17, 15) is 9.59 Å². The van der Waals surface area contributed by atoms with Crippen molar-refractivity contribution in [2.75, 3.05) is 16.8 Å². The van der Waals surface area contributed by atoms with Crippen LogP contribution in [0.3, 0.4) is 0 Å². The normalized spacial score (nSPS) is 16.6. The van der Waals surface area contributed by atoms with Gasteiger partial charge in [0.2, 0.25) is 11.8 Å². The topological polar surface area (TPSA) is 62.3 Å². The molecule has 1 aliphatic rings. The zero-order valence-corrected chi connectivity index (χ0v) is 17.8. The maximum absolute atomic E-state index is 12.9. The minimum atomic E-state index is -0.370. The number of carbonyl (C=O) groups excluding carboxylic acids is 2. The van der Waals surface area contributed by atoms with Crippen molar-refractivity contribution in [1.29, 1.82) is 0 Å². The SMILES string of the molecule is CCc1ccc2nc(NC(=O)C3CC(=O)N(c4c(C)cccc4CC)C3)sc2c1. The lowest BCUT2D eigenvalue weighted by atomic mass is 10.0. The number of para-hydroxylation sites is 1. The first-order valence-corrected chi connectivity index (χ1v) is 10.9. The van der Waals surface area contributed by atoms with Crippen LogP contribution in [0.5, 0.6) is 0 Å². The first kappa shape index (κ1) is 19.6. The Morgan fingerprint density at radius 2 is 2.07 bits per heavy atom. The fourth-order valence-electron chi connectivity index (χ4n) is 3.94. The molecule has 1 saturated heterocycles. The summed E-state index contributed by atoms with van der Waals surface area (Å²) in [4.78, 5) is 31.9. The van der Waals surface area contributed by atoms with Crippen LogP contribution in [0.25, 0.3) is 10.2 Å². The highest BCUT2D eigenvalue weighted by molar-refractivity contribution is 7.22. The van der Waals surface area contributed by atoms with Gasteiger partial charge in [-0.2, -0.15) is 0 Å². The van der Waals surface area contributed by atoms with E-state index in [1.54, 1.807) is 4.90 Å². The van der Waals surface area contributed by atoms with Crippen LogP contribution in [0, 0.1) is 12.8 Å². The third-order valence-electron chi connectivity index (χ3n) is 5.56. The van der Waals surface area contributed by atoms with Crippen LogP contribution in [0.15, 0.2) is 36.4 Å². The van der Waals surface area contributed by atoms with Gasteiger partial charge in [0.05, 0.1) is 16.1 Å². The van der Waals surface area contributed by atoms with E-state index >= 15 is 0 Å². The summed E-state index contributed by atoms with van der Waals surface area (Å²) in [5.74, 6) is -0.502. The number of aryl methyl sites for hydroxylation is 3. The van der Waals surface area contributed by atoms with Gasteiger partial charge in [-0.1, -0.05) is 49.4 Å².